The number of carbonyl (C=O) groups excluding carboxylic acids is 1. The van der Waals surface area contributed by atoms with E-state index in [0.717, 1.165) is 11.5 Å². The number of anilines is 1. The van der Waals surface area contributed by atoms with Gasteiger partial charge >= 0.3 is 0 Å². The molecule has 0 saturated heterocycles. The summed E-state index contributed by atoms with van der Waals surface area (Å²) in [6, 6.07) is 0. The lowest BCUT2D eigenvalue weighted by molar-refractivity contribution is 0.0942. The standard InChI is InChI=1S/C8H12N4OS/c1-8(2-3-8)4-10-7(13)5-6(9)14-12-11-5/h2-4,9H2,1H3,(H,10,13). The van der Waals surface area contributed by atoms with Crippen LogP contribution in [0, 0.1) is 5.41 Å². The Labute approximate surface area is 85.9 Å². The van der Waals surface area contributed by atoms with E-state index in [1.807, 2.05) is 0 Å². The van der Waals surface area contributed by atoms with Gasteiger partial charge in [-0.05, 0) is 18.3 Å². The van der Waals surface area contributed by atoms with Crippen LogP contribution < -0.4 is 11.1 Å². The highest BCUT2D eigenvalue weighted by Crippen LogP contribution is 2.44. The molecule has 1 amide bonds. The van der Waals surface area contributed by atoms with Crippen LogP contribution in [0.25, 0.3) is 0 Å². The molecule has 0 bridgehead atoms. The van der Waals surface area contributed by atoms with Crippen LogP contribution in [0.4, 0.5) is 5.00 Å². The summed E-state index contributed by atoms with van der Waals surface area (Å²) < 4.78 is 3.61. The molecule has 76 valence electrons. The van der Waals surface area contributed by atoms with Crippen molar-refractivity contribution in [3.63, 3.8) is 0 Å². The summed E-state index contributed by atoms with van der Waals surface area (Å²) in [4.78, 5) is 11.5. The smallest absolute Gasteiger partial charge is 0.274 e. The minimum Gasteiger partial charge on any atom is -0.387 e. The molecule has 1 aromatic rings. The van der Waals surface area contributed by atoms with Crippen molar-refractivity contribution in [3.05, 3.63) is 5.69 Å². The summed E-state index contributed by atoms with van der Waals surface area (Å²) in [7, 11) is 0. The number of nitrogens with zero attached hydrogens (tertiary/aromatic N) is 2. The fourth-order valence-electron chi connectivity index (χ4n) is 1.12. The summed E-state index contributed by atoms with van der Waals surface area (Å²) >= 11 is 1.04. The Hall–Kier alpha value is -1.17. The van der Waals surface area contributed by atoms with Crippen molar-refractivity contribution in [2.24, 2.45) is 5.41 Å². The van der Waals surface area contributed by atoms with E-state index >= 15 is 0 Å². The third-order valence-electron chi connectivity index (χ3n) is 2.51. The Morgan fingerprint density at radius 3 is 2.93 bits per heavy atom. The normalized spacial score (nSPS) is 17.8. The van der Waals surface area contributed by atoms with Gasteiger partial charge in [0.15, 0.2) is 5.69 Å². The van der Waals surface area contributed by atoms with Gasteiger partial charge in [-0.1, -0.05) is 11.4 Å². The van der Waals surface area contributed by atoms with Gasteiger partial charge in [0, 0.05) is 18.1 Å². The quantitative estimate of drug-likeness (QED) is 0.770. The minimum atomic E-state index is -0.218. The number of amides is 1. The van der Waals surface area contributed by atoms with Gasteiger partial charge in [0.05, 0.1) is 0 Å². The summed E-state index contributed by atoms with van der Waals surface area (Å²) in [6.07, 6.45) is 2.36. The molecular weight excluding hydrogens is 200 g/mol. The monoisotopic (exact) mass is 212 g/mol. The molecule has 0 unspecified atom stereocenters. The summed E-state index contributed by atoms with van der Waals surface area (Å²) in [5.41, 5.74) is 6.08. The van der Waals surface area contributed by atoms with E-state index in [-0.39, 0.29) is 11.6 Å². The molecule has 1 heterocycles. The van der Waals surface area contributed by atoms with Gasteiger partial charge in [-0.15, -0.1) is 5.10 Å². The Morgan fingerprint density at radius 2 is 2.43 bits per heavy atom. The molecule has 6 heteroatoms. The molecule has 0 radical (unpaired) electrons. The molecule has 1 aliphatic carbocycles. The van der Waals surface area contributed by atoms with E-state index in [9.17, 15) is 4.79 Å². The average Bonchev–Trinajstić information content (AvgIpc) is 2.72. The fraction of sp³-hybridized carbons (Fsp3) is 0.625. The third kappa shape index (κ3) is 1.84. The van der Waals surface area contributed by atoms with E-state index in [4.69, 9.17) is 5.73 Å². The maximum Gasteiger partial charge on any atom is 0.274 e. The topological polar surface area (TPSA) is 80.9 Å². The Morgan fingerprint density at radius 1 is 1.71 bits per heavy atom. The second-order valence-corrected chi connectivity index (χ2v) is 4.76. The molecule has 1 aliphatic rings. The zero-order valence-corrected chi connectivity index (χ0v) is 8.73. The second-order valence-electron chi connectivity index (χ2n) is 3.98. The third-order valence-corrected chi connectivity index (χ3v) is 3.06. The van der Waals surface area contributed by atoms with Gasteiger partial charge in [0.2, 0.25) is 0 Å². The Balaban J connectivity index is 1.93. The Bertz CT molecular complexity index is 358. The van der Waals surface area contributed by atoms with Crippen molar-refractivity contribution in [2.75, 3.05) is 12.3 Å². The van der Waals surface area contributed by atoms with Gasteiger partial charge in [-0.3, -0.25) is 4.79 Å². The van der Waals surface area contributed by atoms with Crippen LogP contribution in [-0.4, -0.2) is 22.0 Å². The first-order valence-corrected chi connectivity index (χ1v) is 5.24. The summed E-state index contributed by atoms with van der Waals surface area (Å²) in [6.45, 7) is 2.85. The van der Waals surface area contributed by atoms with Crippen molar-refractivity contribution in [3.8, 4) is 0 Å². The maximum atomic E-state index is 11.5. The van der Waals surface area contributed by atoms with Crippen molar-refractivity contribution in [2.45, 2.75) is 19.8 Å². The molecular formula is C8H12N4OS. The number of nitrogens with two attached hydrogens (primary N) is 1. The number of carbonyl (C=O) groups is 1. The molecule has 14 heavy (non-hydrogen) atoms. The predicted molar refractivity (Wildman–Crippen MR) is 54.0 cm³/mol. The highest BCUT2D eigenvalue weighted by molar-refractivity contribution is 7.10. The molecule has 1 fully saturated rings. The number of hydrogen-bond donors (Lipinski definition) is 2. The van der Waals surface area contributed by atoms with E-state index in [2.05, 4.69) is 21.8 Å². The SMILES string of the molecule is CC1(CNC(=O)c2nnsc2N)CC1. The van der Waals surface area contributed by atoms with E-state index in [1.54, 1.807) is 0 Å². The number of nitrogen functional groups attached to an aromatic ring is 1. The van der Waals surface area contributed by atoms with E-state index < -0.39 is 0 Å². The highest BCUT2D eigenvalue weighted by atomic mass is 32.1. The lowest BCUT2D eigenvalue weighted by atomic mass is 10.1. The number of hydrogen-bond acceptors (Lipinski definition) is 5. The predicted octanol–water partition coefficient (Wildman–Crippen LogP) is 0.650. The van der Waals surface area contributed by atoms with Crippen LogP contribution in [0.15, 0.2) is 0 Å². The first-order chi connectivity index (χ1) is 6.61. The lowest BCUT2D eigenvalue weighted by Crippen LogP contribution is -2.29. The van der Waals surface area contributed by atoms with Crippen LogP contribution >= 0.6 is 11.5 Å². The van der Waals surface area contributed by atoms with Crippen LogP contribution in [-0.2, 0) is 0 Å². The Kier molecular flexibility index (Phi) is 2.14. The van der Waals surface area contributed by atoms with Crippen molar-refractivity contribution in [1.29, 1.82) is 0 Å². The van der Waals surface area contributed by atoms with Crippen molar-refractivity contribution >= 4 is 22.4 Å². The molecule has 5 nitrogen and oxygen atoms in total. The van der Waals surface area contributed by atoms with Crippen molar-refractivity contribution < 1.29 is 4.79 Å². The second kappa shape index (κ2) is 3.20. The first kappa shape index (κ1) is 9.39. The number of nitrogens with one attached hydrogen (secondary N) is 1. The largest absolute Gasteiger partial charge is 0.387 e. The van der Waals surface area contributed by atoms with Gasteiger partial charge in [0.25, 0.3) is 5.91 Å². The van der Waals surface area contributed by atoms with Gasteiger partial charge < -0.3 is 11.1 Å². The average molecular weight is 212 g/mol. The maximum absolute atomic E-state index is 11.5. The minimum absolute atomic E-state index is 0.218. The zero-order valence-electron chi connectivity index (χ0n) is 7.91. The molecule has 0 aliphatic heterocycles. The molecule has 2 rings (SSSR count). The molecule has 1 saturated carbocycles. The van der Waals surface area contributed by atoms with Crippen LogP contribution in [0.2, 0.25) is 0 Å². The van der Waals surface area contributed by atoms with Gasteiger partial charge in [-0.25, -0.2) is 0 Å². The zero-order chi connectivity index (χ0) is 10.2. The molecule has 1 aromatic heterocycles. The molecule has 0 atom stereocenters. The number of aromatic nitrogens is 2. The van der Waals surface area contributed by atoms with Crippen LogP contribution in [0.3, 0.4) is 0 Å². The van der Waals surface area contributed by atoms with Crippen LogP contribution in [0.5, 0.6) is 0 Å². The highest BCUT2D eigenvalue weighted by Gasteiger charge is 2.37. The molecule has 0 spiro atoms. The fourth-order valence-corrected chi connectivity index (χ4v) is 1.55. The molecule has 0 aromatic carbocycles. The van der Waals surface area contributed by atoms with E-state index in [0.29, 0.717) is 17.0 Å². The van der Waals surface area contributed by atoms with Gasteiger partial charge in [-0.2, -0.15) is 0 Å². The number of rotatable bonds is 3. The summed E-state index contributed by atoms with van der Waals surface area (Å²) in [5, 5.41) is 6.86. The van der Waals surface area contributed by atoms with E-state index in [1.165, 1.54) is 12.8 Å². The van der Waals surface area contributed by atoms with Crippen molar-refractivity contribution in [1.82, 2.24) is 14.9 Å². The summed E-state index contributed by atoms with van der Waals surface area (Å²) in [5.74, 6) is -0.218. The lowest BCUT2D eigenvalue weighted by Gasteiger charge is -2.08. The van der Waals surface area contributed by atoms with Crippen LogP contribution in [0.1, 0.15) is 30.3 Å². The van der Waals surface area contributed by atoms with Gasteiger partial charge in [0.1, 0.15) is 5.00 Å². The first-order valence-electron chi connectivity index (χ1n) is 4.47. The molecule has 3 N–H and O–H groups in total.